The van der Waals surface area contributed by atoms with Gasteiger partial charge in [-0.3, -0.25) is 0 Å². The normalized spacial score (nSPS) is 9.18. The van der Waals surface area contributed by atoms with Crippen LogP contribution in [0.3, 0.4) is 0 Å². The van der Waals surface area contributed by atoms with Crippen LogP contribution in [0.1, 0.15) is 5.56 Å². The number of rotatable bonds is 1. The van der Waals surface area contributed by atoms with E-state index >= 15 is 0 Å². The van der Waals surface area contributed by atoms with Gasteiger partial charge in [0, 0.05) is 6.20 Å². The number of hydrogen-bond acceptors (Lipinski definition) is 2. The number of aromatic nitrogens is 1. The Morgan fingerprint density at radius 2 is 2.45 bits per heavy atom. The Hall–Kier alpha value is -0.590. The molecular formula is C7H4BrClN2. The van der Waals surface area contributed by atoms with E-state index in [2.05, 4.69) is 20.9 Å². The van der Waals surface area contributed by atoms with E-state index in [4.69, 9.17) is 16.9 Å². The molecule has 0 aliphatic heterocycles. The van der Waals surface area contributed by atoms with Crippen LogP contribution in [-0.4, -0.2) is 4.98 Å². The van der Waals surface area contributed by atoms with Crippen LogP contribution in [0.5, 0.6) is 0 Å². The van der Waals surface area contributed by atoms with Crippen molar-refractivity contribution in [3.8, 4) is 6.07 Å². The summed E-state index contributed by atoms with van der Waals surface area (Å²) in [6.45, 7) is 0. The fraction of sp³-hybridized carbons (Fsp3) is 0.143. The van der Waals surface area contributed by atoms with Crippen molar-refractivity contribution in [2.45, 2.75) is 6.42 Å². The molecule has 0 unspecified atom stereocenters. The van der Waals surface area contributed by atoms with Crippen molar-refractivity contribution in [3.05, 3.63) is 27.5 Å². The Balaban J connectivity index is 3.08. The van der Waals surface area contributed by atoms with Crippen LogP contribution < -0.4 is 0 Å². The fourth-order valence-corrected chi connectivity index (χ4v) is 1.23. The highest BCUT2D eigenvalue weighted by molar-refractivity contribution is 9.10. The highest BCUT2D eigenvalue weighted by Gasteiger charge is 2.02. The average molecular weight is 231 g/mol. The van der Waals surface area contributed by atoms with Crippen molar-refractivity contribution in [1.29, 1.82) is 5.26 Å². The molecule has 0 fully saturated rings. The lowest BCUT2D eigenvalue weighted by molar-refractivity contribution is 1.19. The van der Waals surface area contributed by atoms with E-state index in [0.717, 1.165) is 5.56 Å². The summed E-state index contributed by atoms with van der Waals surface area (Å²) in [6, 6.07) is 3.80. The predicted octanol–water partition coefficient (Wildman–Crippen LogP) is 2.56. The number of nitrogens with zero attached hydrogens (tertiary/aromatic N) is 2. The molecule has 1 aromatic rings. The van der Waals surface area contributed by atoms with Gasteiger partial charge in [0.1, 0.15) is 5.15 Å². The first kappa shape index (κ1) is 8.51. The summed E-state index contributed by atoms with van der Waals surface area (Å²) in [4.78, 5) is 3.83. The van der Waals surface area contributed by atoms with Crippen molar-refractivity contribution in [3.63, 3.8) is 0 Å². The predicted molar refractivity (Wildman–Crippen MR) is 46.3 cm³/mol. The molecule has 0 aliphatic rings. The van der Waals surface area contributed by atoms with Crippen LogP contribution in [0.2, 0.25) is 5.15 Å². The van der Waals surface area contributed by atoms with Crippen LogP contribution in [-0.2, 0) is 6.42 Å². The van der Waals surface area contributed by atoms with E-state index in [-0.39, 0.29) is 0 Å². The largest absolute Gasteiger partial charge is 0.243 e. The Kier molecular flexibility index (Phi) is 2.86. The molecule has 1 rings (SSSR count). The molecular weight excluding hydrogens is 227 g/mol. The third-order valence-corrected chi connectivity index (χ3v) is 2.60. The van der Waals surface area contributed by atoms with Crippen LogP contribution >= 0.6 is 27.5 Å². The minimum atomic E-state index is 0.350. The van der Waals surface area contributed by atoms with Gasteiger partial charge < -0.3 is 0 Å². The maximum atomic E-state index is 8.40. The van der Waals surface area contributed by atoms with Crippen molar-refractivity contribution in [2.24, 2.45) is 0 Å². The van der Waals surface area contributed by atoms with Crippen LogP contribution in [0, 0.1) is 11.3 Å². The zero-order chi connectivity index (χ0) is 8.27. The van der Waals surface area contributed by atoms with E-state index in [1.54, 1.807) is 12.3 Å². The summed E-state index contributed by atoms with van der Waals surface area (Å²) < 4.78 is 0.711. The zero-order valence-corrected chi connectivity index (χ0v) is 7.85. The van der Waals surface area contributed by atoms with E-state index in [1.165, 1.54) is 0 Å². The van der Waals surface area contributed by atoms with Gasteiger partial charge in [0.05, 0.1) is 17.0 Å². The molecule has 0 bridgehead atoms. The molecule has 0 amide bonds. The average Bonchev–Trinajstić information content (AvgIpc) is 1.99. The fourth-order valence-electron chi connectivity index (χ4n) is 0.677. The molecule has 2 nitrogen and oxygen atoms in total. The number of nitriles is 1. The molecule has 4 heteroatoms. The number of halogens is 2. The smallest absolute Gasteiger partial charge is 0.143 e. The lowest BCUT2D eigenvalue weighted by Crippen LogP contribution is -1.86. The summed E-state index contributed by atoms with van der Waals surface area (Å²) in [5, 5.41) is 8.80. The van der Waals surface area contributed by atoms with Crippen LogP contribution in [0.4, 0.5) is 0 Å². The maximum Gasteiger partial charge on any atom is 0.143 e. The van der Waals surface area contributed by atoms with Gasteiger partial charge in [0.15, 0.2) is 0 Å². The van der Waals surface area contributed by atoms with Crippen LogP contribution in [0.25, 0.3) is 0 Å². The molecule has 0 saturated carbocycles. The highest BCUT2D eigenvalue weighted by atomic mass is 79.9. The second kappa shape index (κ2) is 3.70. The van der Waals surface area contributed by atoms with Crippen molar-refractivity contribution >= 4 is 27.5 Å². The molecule has 1 heterocycles. The highest BCUT2D eigenvalue weighted by Crippen LogP contribution is 2.23. The molecule has 11 heavy (non-hydrogen) atoms. The van der Waals surface area contributed by atoms with Gasteiger partial charge in [-0.15, -0.1) is 0 Å². The standard InChI is InChI=1S/C7H4BrClN2/c8-6-5(1-3-10)2-4-11-7(6)9/h2,4H,1H2. The summed E-state index contributed by atoms with van der Waals surface area (Å²) in [6.07, 6.45) is 1.93. The molecule has 0 spiro atoms. The second-order valence-corrected chi connectivity index (χ2v) is 3.06. The molecule has 0 N–H and O–H groups in total. The van der Waals surface area contributed by atoms with Gasteiger partial charge in [-0.05, 0) is 27.6 Å². The molecule has 0 aliphatic carbocycles. The first-order valence-corrected chi connectivity index (χ1v) is 4.08. The SMILES string of the molecule is N#CCc1ccnc(Cl)c1Br. The van der Waals surface area contributed by atoms with Gasteiger partial charge in [0.2, 0.25) is 0 Å². The van der Waals surface area contributed by atoms with E-state index in [1.807, 2.05) is 6.07 Å². The zero-order valence-electron chi connectivity index (χ0n) is 5.51. The lowest BCUT2D eigenvalue weighted by Gasteiger charge is -1.98. The molecule has 1 aromatic heterocycles. The summed E-state index contributed by atoms with van der Waals surface area (Å²) in [7, 11) is 0. The van der Waals surface area contributed by atoms with Gasteiger partial charge in [-0.2, -0.15) is 5.26 Å². The molecule has 0 saturated heterocycles. The van der Waals surface area contributed by atoms with Crippen molar-refractivity contribution in [1.82, 2.24) is 4.98 Å². The minimum absolute atomic E-state index is 0.350. The monoisotopic (exact) mass is 230 g/mol. The topological polar surface area (TPSA) is 36.7 Å². The van der Waals surface area contributed by atoms with Crippen molar-refractivity contribution < 1.29 is 0 Å². The first-order valence-electron chi connectivity index (χ1n) is 2.91. The molecule has 0 aromatic carbocycles. The number of hydrogen-bond donors (Lipinski definition) is 0. The quantitative estimate of drug-likeness (QED) is 0.697. The Labute approximate surface area is 77.9 Å². The van der Waals surface area contributed by atoms with Gasteiger partial charge >= 0.3 is 0 Å². The van der Waals surface area contributed by atoms with Gasteiger partial charge in [0.25, 0.3) is 0 Å². The Morgan fingerprint density at radius 1 is 1.73 bits per heavy atom. The van der Waals surface area contributed by atoms with E-state index in [0.29, 0.717) is 16.0 Å². The second-order valence-electron chi connectivity index (χ2n) is 1.91. The number of pyridine rings is 1. The molecule has 0 atom stereocenters. The Bertz CT molecular complexity index is 306. The Morgan fingerprint density at radius 3 is 3.09 bits per heavy atom. The van der Waals surface area contributed by atoms with Gasteiger partial charge in [-0.1, -0.05) is 11.6 Å². The molecule has 0 radical (unpaired) electrons. The molecule has 56 valence electrons. The maximum absolute atomic E-state index is 8.40. The first-order chi connectivity index (χ1) is 5.25. The summed E-state index contributed by atoms with van der Waals surface area (Å²) >= 11 is 8.92. The van der Waals surface area contributed by atoms with E-state index in [9.17, 15) is 0 Å². The lowest BCUT2D eigenvalue weighted by atomic mass is 10.2. The van der Waals surface area contributed by atoms with Crippen molar-refractivity contribution in [2.75, 3.05) is 0 Å². The van der Waals surface area contributed by atoms with E-state index < -0.39 is 0 Å². The third kappa shape index (κ3) is 1.92. The summed E-state index contributed by atoms with van der Waals surface area (Å²) in [5.41, 5.74) is 0.868. The van der Waals surface area contributed by atoms with Crippen LogP contribution in [0.15, 0.2) is 16.7 Å². The van der Waals surface area contributed by atoms with Gasteiger partial charge in [-0.25, -0.2) is 4.98 Å². The third-order valence-electron chi connectivity index (χ3n) is 1.20. The minimum Gasteiger partial charge on any atom is -0.243 e. The summed E-state index contributed by atoms with van der Waals surface area (Å²) in [5.74, 6) is 0.